The van der Waals surface area contributed by atoms with Gasteiger partial charge in [-0.25, -0.2) is 0 Å². The molecular weight excluding hydrogens is 256 g/mol. The molecule has 0 aliphatic carbocycles. The van der Waals surface area contributed by atoms with Gasteiger partial charge in [-0.3, -0.25) is 4.79 Å². The van der Waals surface area contributed by atoms with E-state index in [2.05, 4.69) is 0 Å². The fraction of sp³-hybridized carbons (Fsp3) is 0.125. The van der Waals surface area contributed by atoms with Gasteiger partial charge in [0.15, 0.2) is 10.8 Å². The summed E-state index contributed by atoms with van der Waals surface area (Å²) in [5.74, 6) is -0.0433. The van der Waals surface area contributed by atoms with E-state index in [1.54, 1.807) is 18.2 Å². The average molecular weight is 270 g/mol. The molecule has 96 valence electrons. The van der Waals surface area contributed by atoms with Gasteiger partial charge in [0.1, 0.15) is 0 Å². The molecule has 0 fully saturated rings. The Morgan fingerprint density at radius 3 is 2.21 bits per heavy atom. The molecule has 3 heteroatoms. The number of ketones is 1. The Bertz CT molecular complexity index is 591. The molecular formula is C16H14O2S. The highest BCUT2D eigenvalue weighted by atomic mass is 32.1. The highest BCUT2D eigenvalue weighted by Crippen LogP contribution is 2.16. The van der Waals surface area contributed by atoms with Crippen molar-refractivity contribution in [3.63, 3.8) is 0 Å². The van der Waals surface area contributed by atoms with Crippen LogP contribution in [-0.2, 0) is 4.74 Å². The predicted octanol–water partition coefficient (Wildman–Crippen LogP) is 3.63. The normalized spacial score (nSPS) is 9.95. The fourth-order valence-electron chi connectivity index (χ4n) is 1.81. The molecule has 0 amide bonds. The topological polar surface area (TPSA) is 26.3 Å². The molecule has 0 radical (unpaired) electrons. The number of hydrogen-bond donors (Lipinski definition) is 0. The van der Waals surface area contributed by atoms with Crippen LogP contribution in [0.5, 0.6) is 0 Å². The molecule has 0 saturated carbocycles. The first-order valence-corrected chi connectivity index (χ1v) is 6.50. The minimum atomic E-state index is -0.0433. The zero-order valence-electron chi connectivity index (χ0n) is 10.6. The van der Waals surface area contributed by atoms with Crippen LogP contribution in [0.1, 0.15) is 28.4 Å². The molecule has 19 heavy (non-hydrogen) atoms. The van der Waals surface area contributed by atoms with Crippen molar-refractivity contribution >= 4 is 23.1 Å². The number of carbonyl (C=O) groups excluding carboxylic acids is 1. The summed E-state index contributed by atoms with van der Waals surface area (Å²) in [6, 6.07) is 16.4. The van der Waals surface area contributed by atoms with Gasteiger partial charge in [-0.05, 0) is 25.2 Å². The molecule has 0 bridgehead atoms. The molecule has 0 heterocycles. The number of benzene rings is 2. The maximum atomic E-state index is 12.5. The molecule has 0 saturated heterocycles. The van der Waals surface area contributed by atoms with Gasteiger partial charge in [-0.1, -0.05) is 48.5 Å². The smallest absolute Gasteiger partial charge is 0.193 e. The summed E-state index contributed by atoms with van der Waals surface area (Å²) in [6.07, 6.45) is 0. The summed E-state index contributed by atoms with van der Waals surface area (Å²) in [4.78, 5) is 12.5. The van der Waals surface area contributed by atoms with Crippen molar-refractivity contribution in [1.29, 1.82) is 0 Å². The number of carbonyl (C=O) groups is 1. The summed E-state index contributed by atoms with van der Waals surface area (Å²) in [5, 5.41) is 0.363. The molecule has 0 aliphatic rings. The van der Waals surface area contributed by atoms with E-state index in [4.69, 9.17) is 17.0 Å². The van der Waals surface area contributed by atoms with E-state index >= 15 is 0 Å². The average Bonchev–Trinajstić information content (AvgIpc) is 2.47. The van der Waals surface area contributed by atoms with Gasteiger partial charge in [0.25, 0.3) is 0 Å². The van der Waals surface area contributed by atoms with Crippen molar-refractivity contribution in [3.05, 3.63) is 71.3 Å². The second kappa shape index (κ2) is 6.25. The summed E-state index contributed by atoms with van der Waals surface area (Å²) < 4.78 is 5.33. The van der Waals surface area contributed by atoms with E-state index < -0.39 is 0 Å². The third kappa shape index (κ3) is 3.06. The van der Waals surface area contributed by atoms with E-state index in [0.29, 0.717) is 28.3 Å². The molecule has 0 unspecified atom stereocenters. The quantitative estimate of drug-likeness (QED) is 0.627. The molecule has 0 spiro atoms. The molecule has 2 nitrogen and oxygen atoms in total. The van der Waals surface area contributed by atoms with E-state index in [9.17, 15) is 4.79 Å². The second-order valence-corrected chi connectivity index (χ2v) is 4.33. The molecule has 0 aromatic heterocycles. The summed E-state index contributed by atoms with van der Waals surface area (Å²) in [7, 11) is 0. The number of thiocarbonyl (C=S) groups is 1. The Morgan fingerprint density at radius 2 is 1.58 bits per heavy atom. The van der Waals surface area contributed by atoms with Gasteiger partial charge in [0.2, 0.25) is 0 Å². The predicted molar refractivity (Wildman–Crippen MR) is 79.6 cm³/mol. The zero-order valence-corrected chi connectivity index (χ0v) is 11.4. The third-order valence-electron chi connectivity index (χ3n) is 2.70. The summed E-state index contributed by atoms with van der Waals surface area (Å²) in [6.45, 7) is 2.36. The SMILES string of the molecule is CCOC(=S)c1ccccc1C(=O)c1ccccc1. The number of ether oxygens (including phenoxy) is 1. The Kier molecular flexibility index (Phi) is 4.42. The lowest BCUT2D eigenvalue weighted by Gasteiger charge is -2.10. The highest BCUT2D eigenvalue weighted by molar-refractivity contribution is 7.80. The maximum absolute atomic E-state index is 12.5. The van der Waals surface area contributed by atoms with Crippen molar-refractivity contribution in [2.75, 3.05) is 6.61 Å². The molecule has 0 atom stereocenters. The van der Waals surface area contributed by atoms with Gasteiger partial charge in [0, 0.05) is 16.7 Å². The Balaban J connectivity index is 2.40. The number of hydrogen-bond acceptors (Lipinski definition) is 3. The number of rotatable bonds is 4. The summed E-state index contributed by atoms with van der Waals surface area (Å²) >= 11 is 5.20. The zero-order chi connectivity index (χ0) is 13.7. The van der Waals surface area contributed by atoms with Gasteiger partial charge >= 0.3 is 0 Å². The van der Waals surface area contributed by atoms with Crippen LogP contribution in [-0.4, -0.2) is 17.4 Å². The van der Waals surface area contributed by atoms with E-state index in [1.807, 2.05) is 43.3 Å². The van der Waals surface area contributed by atoms with Crippen LogP contribution in [0.4, 0.5) is 0 Å². The lowest BCUT2D eigenvalue weighted by Crippen LogP contribution is -2.11. The Labute approximate surface area is 118 Å². The van der Waals surface area contributed by atoms with Crippen molar-refractivity contribution in [1.82, 2.24) is 0 Å². The molecule has 2 aromatic carbocycles. The van der Waals surface area contributed by atoms with Crippen LogP contribution in [0.25, 0.3) is 0 Å². The van der Waals surface area contributed by atoms with Crippen LogP contribution in [0.3, 0.4) is 0 Å². The lowest BCUT2D eigenvalue weighted by molar-refractivity contribution is 0.103. The van der Waals surface area contributed by atoms with Crippen molar-refractivity contribution in [2.24, 2.45) is 0 Å². The third-order valence-corrected chi connectivity index (χ3v) is 3.04. The van der Waals surface area contributed by atoms with Crippen LogP contribution < -0.4 is 0 Å². The largest absolute Gasteiger partial charge is 0.483 e. The van der Waals surface area contributed by atoms with E-state index in [-0.39, 0.29) is 5.78 Å². The minimum Gasteiger partial charge on any atom is -0.483 e. The lowest BCUT2D eigenvalue weighted by atomic mass is 9.99. The van der Waals surface area contributed by atoms with Crippen molar-refractivity contribution < 1.29 is 9.53 Å². The van der Waals surface area contributed by atoms with E-state index in [1.165, 1.54) is 0 Å². The van der Waals surface area contributed by atoms with Gasteiger partial charge in [0.05, 0.1) is 6.61 Å². The fourth-order valence-corrected chi connectivity index (χ4v) is 2.11. The molecule has 0 N–H and O–H groups in total. The van der Waals surface area contributed by atoms with Crippen LogP contribution in [0.2, 0.25) is 0 Å². The van der Waals surface area contributed by atoms with Crippen LogP contribution in [0, 0.1) is 0 Å². The second-order valence-electron chi connectivity index (χ2n) is 3.96. The summed E-state index contributed by atoms with van der Waals surface area (Å²) in [5.41, 5.74) is 1.90. The van der Waals surface area contributed by atoms with Gasteiger partial charge in [-0.2, -0.15) is 0 Å². The Morgan fingerprint density at radius 1 is 1.00 bits per heavy atom. The molecule has 2 aromatic rings. The van der Waals surface area contributed by atoms with E-state index in [0.717, 1.165) is 0 Å². The first-order chi connectivity index (χ1) is 9.24. The maximum Gasteiger partial charge on any atom is 0.193 e. The standard InChI is InChI=1S/C16H14O2S/c1-2-18-16(19)14-11-7-6-10-13(14)15(17)12-8-4-3-5-9-12/h3-11H,2H2,1H3. The molecule has 2 rings (SSSR count). The minimum absolute atomic E-state index is 0.0433. The first kappa shape index (κ1) is 13.4. The van der Waals surface area contributed by atoms with Gasteiger partial charge in [-0.15, -0.1) is 0 Å². The Hall–Kier alpha value is -2.00. The van der Waals surface area contributed by atoms with Crippen molar-refractivity contribution in [3.8, 4) is 0 Å². The molecule has 0 aliphatic heterocycles. The van der Waals surface area contributed by atoms with Gasteiger partial charge < -0.3 is 4.74 Å². The highest BCUT2D eigenvalue weighted by Gasteiger charge is 2.15. The van der Waals surface area contributed by atoms with Crippen LogP contribution >= 0.6 is 12.2 Å². The van der Waals surface area contributed by atoms with Crippen LogP contribution in [0.15, 0.2) is 54.6 Å². The monoisotopic (exact) mass is 270 g/mol. The van der Waals surface area contributed by atoms with Crippen molar-refractivity contribution in [2.45, 2.75) is 6.92 Å². The first-order valence-electron chi connectivity index (χ1n) is 6.10.